The van der Waals surface area contributed by atoms with Crippen LogP contribution in [0.5, 0.6) is 0 Å². The van der Waals surface area contributed by atoms with E-state index in [1.54, 1.807) is 42.5 Å². The van der Waals surface area contributed by atoms with Gasteiger partial charge in [-0.1, -0.05) is 24.3 Å². The predicted octanol–water partition coefficient (Wildman–Crippen LogP) is 3.36. The van der Waals surface area contributed by atoms with E-state index in [1.807, 2.05) is 0 Å². The summed E-state index contributed by atoms with van der Waals surface area (Å²) in [7, 11) is 0. The summed E-state index contributed by atoms with van der Waals surface area (Å²) in [5.41, 5.74) is 1.19. The Labute approximate surface area is 160 Å². The van der Waals surface area contributed by atoms with Crippen LogP contribution >= 0.6 is 12.2 Å². The van der Waals surface area contributed by atoms with E-state index in [9.17, 15) is 14.0 Å². The Morgan fingerprint density at radius 1 is 1.30 bits per heavy atom. The normalized spacial score (nSPS) is 10.7. The Morgan fingerprint density at radius 2 is 2.07 bits per heavy atom. The molecule has 0 radical (unpaired) electrons. The Balaban J connectivity index is 1.78. The molecule has 138 valence electrons. The van der Waals surface area contributed by atoms with E-state index in [0.717, 1.165) is 0 Å². The standard InChI is InChI=1S/C20H18FN3O2S/c1-2-11-24-19(26)15-8-7-14(12-17(15)23-20(24)27)18(25)22-10-9-13-5-3-4-6-16(13)21/h2-8,12H,1,9-11H2,(H,22,25)(H,23,27). The highest BCUT2D eigenvalue weighted by Crippen LogP contribution is 2.11. The first-order valence-corrected chi connectivity index (χ1v) is 8.81. The summed E-state index contributed by atoms with van der Waals surface area (Å²) in [4.78, 5) is 27.8. The van der Waals surface area contributed by atoms with Gasteiger partial charge in [-0.05, 0) is 48.5 Å². The van der Waals surface area contributed by atoms with Gasteiger partial charge in [-0.3, -0.25) is 14.2 Å². The molecule has 27 heavy (non-hydrogen) atoms. The number of aromatic amines is 1. The van der Waals surface area contributed by atoms with Crippen molar-refractivity contribution in [3.05, 3.63) is 87.2 Å². The molecule has 1 aromatic heterocycles. The Bertz CT molecular complexity index is 1130. The zero-order valence-electron chi connectivity index (χ0n) is 14.5. The fourth-order valence-electron chi connectivity index (χ4n) is 2.80. The third-order valence-electron chi connectivity index (χ3n) is 4.19. The Hall–Kier alpha value is -3.06. The maximum Gasteiger partial charge on any atom is 0.262 e. The van der Waals surface area contributed by atoms with Gasteiger partial charge in [0.1, 0.15) is 5.82 Å². The monoisotopic (exact) mass is 383 g/mol. The average Bonchev–Trinajstić information content (AvgIpc) is 2.66. The van der Waals surface area contributed by atoms with Crippen LogP contribution in [0.1, 0.15) is 15.9 Å². The average molecular weight is 383 g/mol. The molecule has 7 heteroatoms. The van der Waals surface area contributed by atoms with Crippen LogP contribution in [0.4, 0.5) is 4.39 Å². The first-order valence-electron chi connectivity index (χ1n) is 8.40. The van der Waals surface area contributed by atoms with E-state index in [2.05, 4.69) is 16.9 Å². The van der Waals surface area contributed by atoms with Gasteiger partial charge in [-0.15, -0.1) is 6.58 Å². The molecular formula is C20H18FN3O2S. The number of carbonyl (C=O) groups excluding carboxylic acids is 1. The van der Waals surface area contributed by atoms with E-state index >= 15 is 0 Å². The molecule has 2 aromatic carbocycles. The van der Waals surface area contributed by atoms with Crippen molar-refractivity contribution in [1.82, 2.24) is 14.9 Å². The van der Waals surface area contributed by atoms with Gasteiger partial charge in [0.25, 0.3) is 11.5 Å². The number of allylic oxidation sites excluding steroid dienone is 1. The molecule has 0 saturated carbocycles. The van der Waals surface area contributed by atoms with Crippen molar-refractivity contribution in [1.29, 1.82) is 0 Å². The molecule has 0 aliphatic rings. The van der Waals surface area contributed by atoms with Crippen LogP contribution < -0.4 is 10.9 Å². The fraction of sp³-hybridized carbons (Fsp3) is 0.150. The minimum absolute atomic E-state index is 0.236. The van der Waals surface area contributed by atoms with E-state index in [-0.39, 0.29) is 22.1 Å². The second-order valence-electron chi connectivity index (χ2n) is 5.99. The lowest BCUT2D eigenvalue weighted by Crippen LogP contribution is -2.26. The molecule has 0 fully saturated rings. The van der Waals surface area contributed by atoms with Crippen LogP contribution in [-0.2, 0) is 13.0 Å². The van der Waals surface area contributed by atoms with Gasteiger partial charge in [0.2, 0.25) is 0 Å². The third kappa shape index (κ3) is 4.03. The number of nitrogens with one attached hydrogen (secondary N) is 2. The van der Waals surface area contributed by atoms with Crippen LogP contribution in [0.15, 0.2) is 59.9 Å². The number of benzene rings is 2. The number of aromatic nitrogens is 2. The van der Waals surface area contributed by atoms with E-state index in [1.165, 1.54) is 10.6 Å². The molecule has 3 aromatic rings. The maximum absolute atomic E-state index is 13.6. The van der Waals surface area contributed by atoms with Gasteiger partial charge < -0.3 is 10.3 Å². The SMILES string of the molecule is C=CCn1c(=S)[nH]c2cc(C(=O)NCCc3ccccc3F)ccc2c1=O. The summed E-state index contributed by atoms with van der Waals surface area (Å²) in [6, 6.07) is 11.2. The van der Waals surface area contributed by atoms with Crippen LogP contribution in [0.3, 0.4) is 0 Å². The molecule has 0 saturated heterocycles. The lowest BCUT2D eigenvalue weighted by molar-refractivity contribution is 0.0954. The highest BCUT2D eigenvalue weighted by Gasteiger charge is 2.10. The second kappa shape index (κ2) is 8.09. The molecule has 0 atom stereocenters. The Kier molecular flexibility index (Phi) is 5.61. The smallest absolute Gasteiger partial charge is 0.262 e. The predicted molar refractivity (Wildman–Crippen MR) is 106 cm³/mol. The molecule has 0 spiro atoms. The molecule has 5 nitrogen and oxygen atoms in total. The van der Waals surface area contributed by atoms with Crippen LogP contribution in [0.25, 0.3) is 10.9 Å². The molecule has 0 unspecified atom stereocenters. The quantitative estimate of drug-likeness (QED) is 0.507. The highest BCUT2D eigenvalue weighted by molar-refractivity contribution is 7.71. The summed E-state index contributed by atoms with van der Waals surface area (Å²) in [5.74, 6) is -0.594. The molecular weight excluding hydrogens is 365 g/mol. The molecule has 0 bridgehead atoms. The largest absolute Gasteiger partial charge is 0.352 e. The zero-order chi connectivity index (χ0) is 19.4. The number of carbonyl (C=O) groups is 1. The van der Waals surface area contributed by atoms with E-state index in [4.69, 9.17) is 12.2 Å². The summed E-state index contributed by atoms with van der Waals surface area (Å²) >= 11 is 5.20. The number of halogens is 1. The van der Waals surface area contributed by atoms with E-state index in [0.29, 0.717) is 41.5 Å². The topological polar surface area (TPSA) is 66.9 Å². The van der Waals surface area contributed by atoms with Crippen LogP contribution in [0, 0.1) is 10.6 Å². The van der Waals surface area contributed by atoms with Crippen molar-refractivity contribution in [3.8, 4) is 0 Å². The molecule has 0 aliphatic carbocycles. The van der Waals surface area contributed by atoms with Crippen molar-refractivity contribution in [3.63, 3.8) is 0 Å². The number of rotatable bonds is 6. The van der Waals surface area contributed by atoms with Crippen LogP contribution in [0.2, 0.25) is 0 Å². The van der Waals surface area contributed by atoms with Crippen LogP contribution in [-0.4, -0.2) is 22.0 Å². The first-order chi connectivity index (χ1) is 13.0. The van der Waals surface area contributed by atoms with Gasteiger partial charge >= 0.3 is 0 Å². The number of nitrogens with zero attached hydrogens (tertiary/aromatic N) is 1. The van der Waals surface area contributed by atoms with Crippen molar-refractivity contribution < 1.29 is 9.18 Å². The van der Waals surface area contributed by atoms with Gasteiger partial charge in [-0.25, -0.2) is 4.39 Å². The minimum atomic E-state index is -0.303. The van der Waals surface area contributed by atoms with Gasteiger partial charge in [0.05, 0.1) is 10.9 Å². The number of amides is 1. The fourth-order valence-corrected chi connectivity index (χ4v) is 3.07. The number of fused-ring (bicyclic) bond motifs is 1. The molecule has 0 aliphatic heterocycles. The molecule has 1 amide bonds. The maximum atomic E-state index is 13.6. The van der Waals surface area contributed by atoms with Gasteiger partial charge in [0, 0.05) is 18.7 Å². The summed E-state index contributed by atoms with van der Waals surface area (Å²) < 4.78 is 15.3. The highest BCUT2D eigenvalue weighted by atomic mass is 32.1. The minimum Gasteiger partial charge on any atom is -0.352 e. The van der Waals surface area contributed by atoms with Crippen molar-refractivity contribution in [2.45, 2.75) is 13.0 Å². The molecule has 2 N–H and O–H groups in total. The first kappa shape index (κ1) is 18.7. The Morgan fingerprint density at radius 3 is 2.81 bits per heavy atom. The molecule has 3 rings (SSSR count). The van der Waals surface area contributed by atoms with Gasteiger partial charge in [-0.2, -0.15) is 0 Å². The lowest BCUT2D eigenvalue weighted by Gasteiger charge is -2.09. The van der Waals surface area contributed by atoms with Crippen molar-refractivity contribution in [2.24, 2.45) is 0 Å². The van der Waals surface area contributed by atoms with Gasteiger partial charge in [0.15, 0.2) is 4.77 Å². The molecule has 1 heterocycles. The lowest BCUT2D eigenvalue weighted by atomic mass is 10.1. The number of hydrogen-bond donors (Lipinski definition) is 2. The number of H-pyrrole nitrogens is 1. The zero-order valence-corrected chi connectivity index (χ0v) is 15.3. The van der Waals surface area contributed by atoms with Crippen molar-refractivity contribution >= 4 is 29.0 Å². The van der Waals surface area contributed by atoms with Crippen molar-refractivity contribution in [2.75, 3.05) is 6.54 Å². The number of hydrogen-bond acceptors (Lipinski definition) is 3. The third-order valence-corrected chi connectivity index (χ3v) is 4.52. The summed E-state index contributed by atoms with van der Waals surface area (Å²) in [5, 5.41) is 3.20. The van der Waals surface area contributed by atoms with E-state index < -0.39 is 0 Å². The second-order valence-corrected chi connectivity index (χ2v) is 6.38. The summed E-state index contributed by atoms with van der Waals surface area (Å²) in [6.45, 7) is 4.22. The summed E-state index contributed by atoms with van der Waals surface area (Å²) in [6.07, 6.45) is 1.98.